The van der Waals surface area contributed by atoms with E-state index in [2.05, 4.69) is 6.92 Å². The monoisotopic (exact) mass is 247 g/mol. The molecule has 1 aliphatic heterocycles. The number of nitrogens with zero attached hydrogens (tertiary/aromatic N) is 1. The minimum atomic E-state index is -0.157. The van der Waals surface area contributed by atoms with Gasteiger partial charge < -0.3 is 14.7 Å². The SMILES string of the molecule is COc1ccc(O)c(C(=O)N2CC=C(C)CC2)c1. The number of ether oxygens (including phenoxy) is 1. The van der Waals surface area contributed by atoms with Gasteiger partial charge in [0.1, 0.15) is 11.5 Å². The maximum atomic E-state index is 12.3. The van der Waals surface area contributed by atoms with Crippen LogP contribution in [0.15, 0.2) is 29.8 Å². The van der Waals surface area contributed by atoms with Crippen LogP contribution in [0, 0.1) is 0 Å². The van der Waals surface area contributed by atoms with E-state index in [4.69, 9.17) is 4.74 Å². The molecule has 4 heteroatoms. The van der Waals surface area contributed by atoms with Crippen LogP contribution in [0.3, 0.4) is 0 Å². The number of methoxy groups -OCH3 is 1. The first-order chi connectivity index (χ1) is 8.61. The maximum Gasteiger partial charge on any atom is 0.258 e. The molecule has 0 fully saturated rings. The summed E-state index contributed by atoms with van der Waals surface area (Å²) in [5.41, 5.74) is 1.59. The Balaban J connectivity index is 2.23. The zero-order chi connectivity index (χ0) is 13.1. The van der Waals surface area contributed by atoms with E-state index in [0.717, 1.165) is 6.42 Å². The molecule has 1 aromatic carbocycles. The lowest BCUT2D eigenvalue weighted by atomic mass is 10.1. The van der Waals surface area contributed by atoms with Crippen molar-refractivity contribution < 1.29 is 14.6 Å². The Morgan fingerprint density at radius 1 is 1.44 bits per heavy atom. The molecule has 0 saturated heterocycles. The molecule has 0 atom stereocenters. The fourth-order valence-corrected chi connectivity index (χ4v) is 1.94. The molecule has 0 spiro atoms. The predicted octanol–water partition coefficient (Wildman–Crippen LogP) is 2.19. The van der Waals surface area contributed by atoms with Gasteiger partial charge in [0.2, 0.25) is 0 Å². The van der Waals surface area contributed by atoms with Crippen molar-refractivity contribution in [3.63, 3.8) is 0 Å². The van der Waals surface area contributed by atoms with Crippen LogP contribution < -0.4 is 4.74 Å². The number of rotatable bonds is 2. The molecule has 0 radical (unpaired) electrons. The summed E-state index contributed by atoms with van der Waals surface area (Å²) in [6, 6.07) is 4.69. The van der Waals surface area contributed by atoms with E-state index < -0.39 is 0 Å². The molecule has 0 aliphatic carbocycles. The Labute approximate surface area is 106 Å². The summed E-state index contributed by atoms with van der Waals surface area (Å²) in [6.45, 7) is 3.35. The molecule has 0 bridgehead atoms. The number of phenolic OH excluding ortho intramolecular Hbond substituents is 1. The Morgan fingerprint density at radius 2 is 2.22 bits per heavy atom. The van der Waals surface area contributed by atoms with Gasteiger partial charge in [0, 0.05) is 13.1 Å². The van der Waals surface area contributed by atoms with Gasteiger partial charge in [-0.1, -0.05) is 11.6 Å². The topological polar surface area (TPSA) is 49.8 Å². The van der Waals surface area contributed by atoms with Gasteiger partial charge in [-0.2, -0.15) is 0 Å². The Kier molecular flexibility index (Phi) is 3.55. The number of aromatic hydroxyl groups is 1. The van der Waals surface area contributed by atoms with Crippen molar-refractivity contribution in [3.05, 3.63) is 35.4 Å². The van der Waals surface area contributed by atoms with Crippen LogP contribution in [0.4, 0.5) is 0 Å². The van der Waals surface area contributed by atoms with Crippen LogP contribution in [-0.4, -0.2) is 36.1 Å². The van der Waals surface area contributed by atoms with Gasteiger partial charge in [-0.3, -0.25) is 4.79 Å². The molecular weight excluding hydrogens is 230 g/mol. The summed E-state index contributed by atoms with van der Waals surface area (Å²) in [7, 11) is 1.54. The molecule has 0 saturated carbocycles. The highest BCUT2D eigenvalue weighted by atomic mass is 16.5. The van der Waals surface area contributed by atoms with Crippen LogP contribution in [-0.2, 0) is 0 Å². The summed E-state index contributed by atoms with van der Waals surface area (Å²) in [6.07, 6.45) is 2.93. The first-order valence-electron chi connectivity index (χ1n) is 5.93. The maximum absolute atomic E-state index is 12.3. The van der Waals surface area contributed by atoms with E-state index in [-0.39, 0.29) is 11.7 Å². The van der Waals surface area contributed by atoms with Crippen molar-refractivity contribution >= 4 is 5.91 Å². The van der Waals surface area contributed by atoms with Gasteiger partial charge in [0.25, 0.3) is 5.91 Å². The summed E-state index contributed by atoms with van der Waals surface area (Å²) in [4.78, 5) is 14.0. The first-order valence-corrected chi connectivity index (χ1v) is 5.93. The molecule has 1 N–H and O–H groups in total. The smallest absolute Gasteiger partial charge is 0.258 e. The summed E-state index contributed by atoms with van der Waals surface area (Å²) in [5.74, 6) is 0.405. The third kappa shape index (κ3) is 2.47. The van der Waals surface area contributed by atoms with Gasteiger partial charge >= 0.3 is 0 Å². The summed E-state index contributed by atoms with van der Waals surface area (Å²) in [5, 5.41) is 9.77. The van der Waals surface area contributed by atoms with Crippen molar-refractivity contribution in [2.24, 2.45) is 0 Å². The lowest BCUT2D eigenvalue weighted by Gasteiger charge is -2.25. The van der Waals surface area contributed by atoms with Crippen LogP contribution in [0.5, 0.6) is 11.5 Å². The third-order valence-corrected chi connectivity index (χ3v) is 3.16. The molecule has 0 aromatic heterocycles. The van der Waals surface area contributed by atoms with Crippen molar-refractivity contribution in [3.8, 4) is 11.5 Å². The predicted molar refractivity (Wildman–Crippen MR) is 68.9 cm³/mol. The first kappa shape index (κ1) is 12.5. The van der Waals surface area contributed by atoms with Crippen molar-refractivity contribution in [2.45, 2.75) is 13.3 Å². The third-order valence-electron chi connectivity index (χ3n) is 3.16. The highest BCUT2D eigenvalue weighted by Gasteiger charge is 2.20. The summed E-state index contributed by atoms with van der Waals surface area (Å²) < 4.78 is 5.07. The largest absolute Gasteiger partial charge is 0.507 e. The fraction of sp³-hybridized carbons (Fsp3) is 0.357. The number of phenols is 1. The Bertz CT molecular complexity index is 494. The van der Waals surface area contributed by atoms with Gasteiger partial charge in [-0.05, 0) is 31.5 Å². The lowest BCUT2D eigenvalue weighted by Crippen LogP contribution is -2.34. The molecule has 4 nitrogen and oxygen atoms in total. The molecule has 2 rings (SSSR count). The van der Waals surface area contributed by atoms with Crippen LogP contribution in [0.1, 0.15) is 23.7 Å². The quantitative estimate of drug-likeness (QED) is 0.815. The van der Waals surface area contributed by atoms with Gasteiger partial charge in [-0.25, -0.2) is 0 Å². The van der Waals surface area contributed by atoms with Crippen molar-refractivity contribution in [1.82, 2.24) is 4.90 Å². The zero-order valence-corrected chi connectivity index (χ0v) is 10.6. The average Bonchev–Trinajstić information content (AvgIpc) is 2.39. The zero-order valence-electron chi connectivity index (χ0n) is 10.6. The standard InChI is InChI=1S/C14H17NO3/c1-10-5-7-15(8-6-10)14(17)12-9-11(18-2)3-4-13(12)16/h3-5,9,16H,6-8H2,1-2H3. The normalized spacial score (nSPS) is 15.2. The Morgan fingerprint density at radius 3 is 2.83 bits per heavy atom. The van der Waals surface area contributed by atoms with E-state index in [1.165, 1.54) is 18.7 Å². The van der Waals surface area contributed by atoms with E-state index in [1.54, 1.807) is 17.0 Å². The number of hydrogen-bond donors (Lipinski definition) is 1. The molecule has 0 unspecified atom stereocenters. The number of carbonyl (C=O) groups is 1. The van der Waals surface area contributed by atoms with Gasteiger partial charge in [-0.15, -0.1) is 0 Å². The minimum absolute atomic E-state index is 0.00734. The van der Waals surface area contributed by atoms with E-state index in [1.807, 2.05) is 6.08 Å². The Hall–Kier alpha value is -1.97. The van der Waals surface area contributed by atoms with E-state index in [0.29, 0.717) is 24.4 Å². The summed E-state index contributed by atoms with van der Waals surface area (Å²) >= 11 is 0. The van der Waals surface area contributed by atoms with Crippen LogP contribution in [0.2, 0.25) is 0 Å². The van der Waals surface area contributed by atoms with Crippen molar-refractivity contribution in [1.29, 1.82) is 0 Å². The minimum Gasteiger partial charge on any atom is -0.507 e. The molecule has 18 heavy (non-hydrogen) atoms. The van der Waals surface area contributed by atoms with Crippen molar-refractivity contribution in [2.75, 3.05) is 20.2 Å². The average molecular weight is 247 g/mol. The number of hydrogen-bond acceptors (Lipinski definition) is 3. The second kappa shape index (κ2) is 5.12. The number of carbonyl (C=O) groups excluding carboxylic acids is 1. The number of amides is 1. The molecule has 1 heterocycles. The van der Waals surface area contributed by atoms with Gasteiger partial charge in [0.15, 0.2) is 0 Å². The lowest BCUT2D eigenvalue weighted by molar-refractivity contribution is 0.0765. The van der Waals surface area contributed by atoms with Gasteiger partial charge in [0.05, 0.1) is 12.7 Å². The molecule has 1 aromatic rings. The molecule has 1 amide bonds. The second-order valence-electron chi connectivity index (χ2n) is 4.43. The van der Waals surface area contributed by atoms with E-state index >= 15 is 0 Å². The van der Waals surface area contributed by atoms with Crippen LogP contribution in [0.25, 0.3) is 0 Å². The second-order valence-corrected chi connectivity index (χ2v) is 4.43. The highest BCUT2D eigenvalue weighted by Crippen LogP contribution is 2.25. The highest BCUT2D eigenvalue weighted by molar-refractivity contribution is 5.97. The molecular formula is C14H17NO3. The number of benzene rings is 1. The van der Waals surface area contributed by atoms with E-state index in [9.17, 15) is 9.90 Å². The molecule has 1 aliphatic rings. The van der Waals surface area contributed by atoms with Crippen LogP contribution >= 0.6 is 0 Å². The molecule has 96 valence electrons. The fourth-order valence-electron chi connectivity index (χ4n) is 1.94.